The van der Waals surface area contributed by atoms with Crippen molar-refractivity contribution in [2.45, 2.75) is 29.6 Å². The van der Waals surface area contributed by atoms with E-state index in [4.69, 9.17) is 19.0 Å². The first-order valence-electron chi connectivity index (χ1n) is 18.8. The molecule has 1 saturated heterocycles. The molecule has 0 bridgehead atoms. The highest BCUT2D eigenvalue weighted by Crippen LogP contribution is 2.46. The molecule has 2 heterocycles. The summed E-state index contributed by atoms with van der Waals surface area (Å²) in [7, 11) is 1.44. The van der Waals surface area contributed by atoms with Crippen LogP contribution in [0.5, 0.6) is 0 Å². The lowest BCUT2D eigenvalue weighted by molar-refractivity contribution is -0.124. The minimum absolute atomic E-state index is 0.0326. The van der Waals surface area contributed by atoms with Crippen LogP contribution >= 0.6 is 0 Å². The number of H-pyrrole nitrogens is 1. The van der Waals surface area contributed by atoms with Crippen molar-refractivity contribution in [3.63, 3.8) is 0 Å². The molecule has 0 radical (unpaired) electrons. The molecule has 0 unspecified atom stereocenters. The number of rotatable bonds is 13. The van der Waals surface area contributed by atoms with E-state index in [9.17, 15) is 9.59 Å². The molecule has 0 amide bonds. The van der Waals surface area contributed by atoms with Gasteiger partial charge in [0.25, 0.3) is 5.56 Å². The predicted molar refractivity (Wildman–Crippen MR) is 219 cm³/mol. The molecule has 57 heavy (non-hydrogen) atoms. The highest BCUT2D eigenvalue weighted by atomic mass is 16.6. The highest BCUT2D eigenvalue weighted by molar-refractivity contribution is 5.93. The van der Waals surface area contributed by atoms with E-state index in [0.717, 1.165) is 33.4 Å². The Hall–Kier alpha value is -6.65. The maximum absolute atomic E-state index is 13.5. The van der Waals surface area contributed by atoms with Gasteiger partial charge in [0, 0.05) is 12.3 Å². The van der Waals surface area contributed by atoms with Crippen LogP contribution in [-0.4, -0.2) is 41.2 Å². The van der Waals surface area contributed by atoms with Gasteiger partial charge in [-0.05, 0) is 33.4 Å². The summed E-state index contributed by atoms with van der Waals surface area (Å²) < 4.78 is 23.1. The van der Waals surface area contributed by atoms with Crippen molar-refractivity contribution < 1.29 is 19.0 Å². The van der Waals surface area contributed by atoms with Gasteiger partial charge < -0.3 is 19.0 Å². The summed E-state index contributed by atoms with van der Waals surface area (Å²) >= 11 is 0. The third-order valence-corrected chi connectivity index (χ3v) is 10.3. The number of nitrogens with one attached hydrogen (secondary N) is 1. The molecule has 3 atom stereocenters. The molecule has 0 spiro atoms. The first-order chi connectivity index (χ1) is 28.0. The van der Waals surface area contributed by atoms with E-state index in [1.54, 1.807) is 0 Å². The second-order valence-corrected chi connectivity index (χ2v) is 13.7. The summed E-state index contributed by atoms with van der Waals surface area (Å²) in [5.41, 5.74) is 2.03. The summed E-state index contributed by atoms with van der Waals surface area (Å²) in [4.78, 5) is 33.6. The Morgan fingerprint density at radius 3 is 1.33 bits per heavy atom. The standard InChI is InChI=1S/C48H41N3O6/c1-54-50-43-44(57-48(38-26-14-5-15-27-38,39-28-16-6-17-29-39)40-30-18-7-19-31-40)41(56-45(43)51-33-32-42(52)49-46(51)53)34-55-47(35-20-8-2-9-21-35,36-22-10-3-11-23-36)37-24-12-4-13-25-37/h2-33,41,44-45H,34H2,1H3,(H,49,52,53)/b50-43-/t41-,44-,45-/m1/s1. The number of nitrogens with zero attached hydrogens (tertiary/aromatic N) is 2. The Kier molecular flexibility index (Phi) is 10.9. The summed E-state index contributed by atoms with van der Waals surface area (Å²) in [5, 5.41) is 4.52. The molecule has 0 saturated carbocycles. The normalized spacial score (nSPS) is 17.7. The van der Waals surface area contributed by atoms with E-state index in [1.807, 2.05) is 146 Å². The number of benzene rings is 6. The molecule has 1 N–H and O–H groups in total. The van der Waals surface area contributed by atoms with Crippen LogP contribution in [0.4, 0.5) is 0 Å². The van der Waals surface area contributed by atoms with E-state index in [1.165, 1.54) is 23.9 Å². The van der Waals surface area contributed by atoms with Crippen molar-refractivity contribution in [2.24, 2.45) is 5.16 Å². The molecule has 6 aromatic carbocycles. The monoisotopic (exact) mass is 755 g/mol. The van der Waals surface area contributed by atoms with Crippen LogP contribution in [0.3, 0.4) is 0 Å². The van der Waals surface area contributed by atoms with Crippen LogP contribution in [-0.2, 0) is 30.3 Å². The highest BCUT2D eigenvalue weighted by Gasteiger charge is 2.52. The van der Waals surface area contributed by atoms with Gasteiger partial charge in [0.15, 0.2) is 6.23 Å². The van der Waals surface area contributed by atoms with Gasteiger partial charge in [-0.25, -0.2) is 4.79 Å². The van der Waals surface area contributed by atoms with E-state index in [2.05, 4.69) is 46.5 Å². The molecule has 9 nitrogen and oxygen atoms in total. The second-order valence-electron chi connectivity index (χ2n) is 13.7. The molecule has 9 heteroatoms. The Morgan fingerprint density at radius 1 is 0.579 bits per heavy atom. The van der Waals surface area contributed by atoms with Crippen LogP contribution in [0.25, 0.3) is 0 Å². The molecule has 1 fully saturated rings. The Bertz CT molecular complexity index is 2320. The average Bonchev–Trinajstić information content (AvgIpc) is 3.60. The summed E-state index contributed by atoms with van der Waals surface area (Å²) in [6.45, 7) is -0.0326. The topological polar surface area (TPSA) is 104 Å². The molecular weight excluding hydrogens is 715 g/mol. The van der Waals surface area contributed by atoms with Crippen molar-refractivity contribution in [2.75, 3.05) is 13.7 Å². The maximum Gasteiger partial charge on any atom is 0.330 e. The van der Waals surface area contributed by atoms with Crippen molar-refractivity contribution >= 4 is 5.71 Å². The fourth-order valence-corrected chi connectivity index (χ4v) is 7.81. The smallest absolute Gasteiger partial charge is 0.330 e. The minimum Gasteiger partial charge on any atom is -0.399 e. The van der Waals surface area contributed by atoms with Gasteiger partial charge in [-0.3, -0.25) is 14.3 Å². The lowest BCUT2D eigenvalue weighted by atomic mass is 9.79. The number of aromatic amines is 1. The van der Waals surface area contributed by atoms with E-state index in [0.29, 0.717) is 0 Å². The Labute approximate surface area is 330 Å². The van der Waals surface area contributed by atoms with E-state index >= 15 is 0 Å². The lowest BCUT2D eigenvalue weighted by Gasteiger charge is -2.40. The molecule has 7 aromatic rings. The van der Waals surface area contributed by atoms with Gasteiger partial charge in [-0.1, -0.05) is 187 Å². The van der Waals surface area contributed by atoms with Gasteiger partial charge in [-0.2, -0.15) is 0 Å². The summed E-state index contributed by atoms with van der Waals surface area (Å²) in [6, 6.07) is 61.4. The maximum atomic E-state index is 13.5. The zero-order valence-electron chi connectivity index (χ0n) is 31.3. The van der Waals surface area contributed by atoms with Crippen molar-refractivity contribution in [1.82, 2.24) is 9.55 Å². The van der Waals surface area contributed by atoms with Crippen LogP contribution in [0, 0.1) is 0 Å². The van der Waals surface area contributed by atoms with Crippen molar-refractivity contribution in [1.29, 1.82) is 0 Å². The molecule has 8 rings (SSSR count). The number of hydrogen-bond donors (Lipinski definition) is 1. The first kappa shape index (κ1) is 37.3. The molecular formula is C48H41N3O6. The predicted octanol–water partition coefficient (Wildman–Crippen LogP) is 7.82. The fourth-order valence-electron chi connectivity index (χ4n) is 7.81. The van der Waals surface area contributed by atoms with Gasteiger partial charge in [0.1, 0.15) is 36.2 Å². The number of hydrogen-bond acceptors (Lipinski definition) is 7. The quantitative estimate of drug-likeness (QED) is 0.0952. The number of oxime groups is 1. The average molecular weight is 756 g/mol. The zero-order chi connectivity index (χ0) is 39.1. The molecule has 1 aromatic heterocycles. The zero-order valence-corrected chi connectivity index (χ0v) is 31.3. The largest absolute Gasteiger partial charge is 0.399 e. The van der Waals surface area contributed by atoms with Gasteiger partial charge in [0.05, 0.1) is 6.61 Å². The third-order valence-electron chi connectivity index (χ3n) is 10.3. The van der Waals surface area contributed by atoms with Crippen LogP contribution in [0.2, 0.25) is 0 Å². The van der Waals surface area contributed by atoms with Crippen LogP contribution in [0.1, 0.15) is 39.6 Å². The molecule has 284 valence electrons. The summed E-state index contributed by atoms with van der Waals surface area (Å²) in [5.74, 6) is 0. The summed E-state index contributed by atoms with van der Waals surface area (Å²) in [6.07, 6.45) is -1.60. The van der Waals surface area contributed by atoms with E-state index in [-0.39, 0.29) is 12.3 Å². The van der Waals surface area contributed by atoms with Gasteiger partial charge in [0.2, 0.25) is 0 Å². The Morgan fingerprint density at radius 2 is 0.965 bits per heavy atom. The van der Waals surface area contributed by atoms with Gasteiger partial charge >= 0.3 is 5.69 Å². The van der Waals surface area contributed by atoms with Gasteiger partial charge in [-0.15, -0.1) is 0 Å². The van der Waals surface area contributed by atoms with Crippen molar-refractivity contribution in [3.05, 3.63) is 248 Å². The van der Waals surface area contributed by atoms with E-state index < -0.39 is 40.9 Å². The first-order valence-corrected chi connectivity index (χ1v) is 18.8. The lowest BCUT2D eigenvalue weighted by Crippen LogP contribution is -2.45. The SMILES string of the molecule is CO/N=C1\[C@H](n2ccc(=O)[nH]c2=O)O[C@H](COC(c2ccccc2)(c2ccccc2)c2ccccc2)[C@H]1OC(c1ccccc1)(c1ccccc1)c1ccccc1. The third kappa shape index (κ3) is 7.16. The van der Waals surface area contributed by atoms with Crippen LogP contribution in [0.15, 0.2) is 209 Å². The molecule has 1 aliphatic heterocycles. The van der Waals surface area contributed by atoms with Crippen molar-refractivity contribution in [3.8, 4) is 0 Å². The van der Waals surface area contributed by atoms with Crippen LogP contribution < -0.4 is 11.2 Å². The molecule has 0 aliphatic carbocycles. The minimum atomic E-state index is -1.22. The second kappa shape index (κ2) is 16.6. The number of ether oxygens (including phenoxy) is 3. The fraction of sp³-hybridized carbons (Fsp3) is 0.146. The Balaban J connectivity index is 1.33. The number of aromatic nitrogens is 2. The molecule has 1 aliphatic rings.